The van der Waals surface area contributed by atoms with Crippen molar-refractivity contribution in [1.29, 1.82) is 0 Å². The second-order valence-electron chi connectivity index (χ2n) is 6.64. The summed E-state index contributed by atoms with van der Waals surface area (Å²) in [5.74, 6) is 1.78. The van der Waals surface area contributed by atoms with Crippen LogP contribution in [0.25, 0.3) is 0 Å². The largest absolute Gasteiger partial charge is 0.497 e. The number of rotatable bonds is 7. The van der Waals surface area contributed by atoms with E-state index in [0.717, 1.165) is 23.1 Å². The number of hydrogen-bond donors (Lipinski definition) is 2. The van der Waals surface area contributed by atoms with E-state index in [4.69, 9.17) is 18.6 Å². The molecule has 10 nitrogen and oxygen atoms in total. The standard InChI is InChI=1S/C21H20N4O6S/c1-28-15-5-2-13(3-6-15)10-19-24-25-21(31-19)32-12-18(26)23-20(27)22-14-4-7-16-17(11-14)30-9-8-29-16/h2-7,11H,8-10,12H2,1H3,(H2,22,23,26,27). The normalized spacial score (nSPS) is 12.2. The summed E-state index contributed by atoms with van der Waals surface area (Å²) in [6.07, 6.45) is 0.460. The molecule has 2 heterocycles. The lowest BCUT2D eigenvalue weighted by Crippen LogP contribution is -2.35. The topological polar surface area (TPSA) is 125 Å². The van der Waals surface area contributed by atoms with Crippen molar-refractivity contribution >= 4 is 29.4 Å². The second kappa shape index (κ2) is 10.1. The summed E-state index contributed by atoms with van der Waals surface area (Å²) < 4.78 is 21.6. The van der Waals surface area contributed by atoms with Crippen LogP contribution in [0.1, 0.15) is 11.5 Å². The number of aromatic nitrogens is 2. The zero-order chi connectivity index (χ0) is 22.3. The van der Waals surface area contributed by atoms with Gasteiger partial charge in [0.25, 0.3) is 5.22 Å². The highest BCUT2D eigenvalue weighted by Gasteiger charge is 2.15. The molecule has 2 aromatic carbocycles. The molecule has 3 amide bonds. The van der Waals surface area contributed by atoms with E-state index in [-0.39, 0.29) is 11.0 Å². The predicted octanol–water partition coefficient (Wildman–Crippen LogP) is 2.88. The van der Waals surface area contributed by atoms with Gasteiger partial charge in [0, 0.05) is 11.8 Å². The smallest absolute Gasteiger partial charge is 0.325 e. The molecule has 0 saturated heterocycles. The van der Waals surface area contributed by atoms with Gasteiger partial charge >= 0.3 is 6.03 Å². The summed E-state index contributed by atoms with van der Waals surface area (Å²) >= 11 is 1.04. The molecule has 3 aromatic rings. The maximum atomic E-state index is 12.1. The Morgan fingerprint density at radius 2 is 1.84 bits per heavy atom. The van der Waals surface area contributed by atoms with Crippen molar-refractivity contribution in [2.45, 2.75) is 11.6 Å². The number of amides is 3. The molecule has 0 spiro atoms. The number of methoxy groups -OCH3 is 1. The highest BCUT2D eigenvalue weighted by Crippen LogP contribution is 2.32. The van der Waals surface area contributed by atoms with E-state index in [1.54, 1.807) is 25.3 Å². The van der Waals surface area contributed by atoms with Crippen LogP contribution < -0.4 is 24.8 Å². The summed E-state index contributed by atoms with van der Waals surface area (Å²) in [7, 11) is 1.61. The van der Waals surface area contributed by atoms with Gasteiger partial charge in [-0.05, 0) is 29.8 Å². The highest BCUT2D eigenvalue weighted by atomic mass is 32.2. The quantitative estimate of drug-likeness (QED) is 0.516. The third-order valence-electron chi connectivity index (χ3n) is 4.34. The van der Waals surface area contributed by atoms with Crippen molar-refractivity contribution in [1.82, 2.24) is 15.5 Å². The van der Waals surface area contributed by atoms with Crippen molar-refractivity contribution in [3.63, 3.8) is 0 Å². The molecule has 0 aliphatic carbocycles. The van der Waals surface area contributed by atoms with Gasteiger partial charge in [0.1, 0.15) is 19.0 Å². The molecule has 1 aliphatic rings. The van der Waals surface area contributed by atoms with E-state index in [1.807, 2.05) is 24.3 Å². The van der Waals surface area contributed by atoms with Crippen LogP contribution in [0.4, 0.5) is 10.5 Å². The van der Waals surface area contributed by atoms with Crippen LogP contribution in [0.2, 0.25) is 0 Å². The van der Waals surface area contributed by atoms with Crippen molar-refractivity contribution in [2.75, 3.05) is 31.4 Å². The number of urea groups is 1. The number of nitrogens with one attached hydrogen (secondary N) is 2. The molecule has 11 heteroatoms. The molecule has 2 N–H and O–H groups in total. The summed E-state index contributed by atoms with van der Waals surface area (Å²) in [6, 6.07) is 11.8. The van der Waals surface area contributed by atoms with Crippen LogP contribution in [0.3, 0.4) is 0 Å². The Labute approximate surface area is 187 Å². The van der Waals surface area contributed by atoms with Crippen molar-refractivity contribution in [3.05, 3.63) is 53.9 Å². The van der Waals surface area contributed by atoms with Gasteiger partial charge in [-0.15, -0.1) is 10.2 Å². The monoisotopic (exact) mass is 456 g/mol. The van der Waals surface area contributed by atoms with Gasteiger partial charge in [0.05, 0.1) is 19.3 Å². The number of nitrogens with zero attached hydrogens (tertiary/aromatic N) is 2. The second-order valence-corrected chi connectivity index (χ2v) is 7.56. The van der Waals surface area contributed by atoms with Gasteiger partial charge in [0.15, 0.2) is 11.5 Å². The van der Waals surface area contributed by atoms with Gasteiger partial charge in [-0.25, -0.2) is 4.79 Å². The predicted molar refractivity (Wildman–Crippen MR) is 115 cm³/mol. The van der Waals surface area contributed by atoms with E-state index in [9.17, 15) is 9.59 Å². The van der Waals surface area contributed by atoms with Gasteiger partial charge in [-0.3, -0.25) is 10.1 Å². The number of ether oxygens (including phenoxy) is 3. The Hall–Kier alpha value is -3.73. The van der Waals surface area contributed by atoms with Crippen LogP contribution in [-0.2, 0) is 11.2 Å². The van der Waals surface area contributed by atoms with Crippen molar-refractivity contribution in [3.8, 4) is 17.2 Å². The Bertz CT molecular complexity index is 1100. The van der Waals surface area contributed by atoms with Gasteiger partial charge in [0.2, 0.25) is 11.8 Å². The number of hydrogen-bond acceptors (Lipinski definition) is 9. The molecule has 0 bridgehead atoms. The molecule has 4 rings (SSSR count). The maximum absolute atomic E-state index is 12.1. The number of carbonyl (C=O) groups excluding carboxylic acids is 2. The maximum Gasteiger partial charge on any atom is 0.325 e. The summed E-state index contributed by atoms with van der Waals surface area (Å²) in [6.45, 7) is 0.922. The fraction of sp³-hybridized carbons (Fsp3) is 0.238. The minimum atomic E-state index is -0.655. The van der Waals surface area contributed by atoms with Crippen molar-refractivity contribution < 1.29 is 28.2 Å². The summed E-state index contributed by atoms with van der Waals surface area (Å²) in [5, 5.41) is 13.0. The fourth-order valence-electron chi connectivity index (χ4n) is 2.86. The van der Waals surface area contributed by atoms with E-state index >= 15 is 0 Å². The Morgan fingerprint density at radius 1 is 1.06 bits per heavy atom. The zero-order valence-electron chi connectivity index (χ0n) is 17.1. The lowest BCUT2D eigenvalue weighted by molar-refractivity contribution is -0.117. The van der Waals surface area contributed by atoms with E-state index in [1.165, 1.54) is 0 Å². The van der Waals surface area contributed by atoms with Crippen LogP contribution in [0.15, 0.2) is 52.1 Å². The van der Waals surface area contributed by atoms with Crippen LogP contribution in [0.5, 0.6) is 17.2 Å². The van der Waals surface area contributed by atoms with Crippen LogP contribution >= 0.6 is 11.8 Å². The lowest BCUT2D eigenvalue weighted by Gasteiger charge is -2.19. The number of benzene rings is 2. The van der Waals surface area contributed by atoms with Gasteiger partial charge in [-0.1, -0.05) is 23.9 Å². The lowest BCUT2D eigenvalue weighted by atomic mass is 10.1. The van der Waals surface area contributed by atoms with Crippen LogP contribution in [0, 0.1) is 0 Å². The Morgan fingerprint density at radius 3 is 2.62 bits per heavy atom. The highest BCUT2D eigenvalue weighted by molar-refractivity contribution is 7.99. The number of carbonyl (C=O) groups is 2. The fourth-order valence-corrected chi connectivity index (χ4v) is 3.44. The molecular formula is C21H20N4O6S. The third-order valence-corrected chi connectivity index (χ3v) is 5.16. The molecule has 166 valence electrons. The number of anilines is 1. The average Bonchev–Trinajstić information content (AvgIpc) is 3.25. The first-order valence-electron chi connectivity index (χ1n) is 9.67. The Balaban J connectivity index is 1.23. The van der Waals surface area contributed by atoms with Gasteiger partial charge in [-0.2, -0.15) is 0 Å². The van der Waals surface area contributed by atoms with E-state index < -0.39 is 11.9 Å². The number of imide groups is 1. The first-order chi connectivity index (χ1) is 15.6. The molecule has 32 heavy (non-hydrogen) atoms. The third kappa shape index (κ3) is 5.70. The van der Waals surface area contributed by atoms with E-state index in [2.05, 4.69) is 20.8 Å². The molecule has 0 fully saturated rings. The minimum Gasteiger partial charge on any atom is -0.497 e. The number of fused-ring (bicyclic) bond motifs is 1. The summed E-state index contributed by atoms with van der Waals surface area (Å²) in [4.78, 5) is 24.1. The molecule has 0 atom stereocenters. The van der Waals surface area contributed by atoms with E-state index in [0.29, 0.717) is 42.7 Å². The molecule has 0 radical (unpaired) electrons. The number of thioether (sulfide) groups is 1. The summed E-state index contributed by atoms with van der Waals surface area (Å²) in [5.41, 5.74) is 1.46. The molecular weight excluding hydrogens is 436 g/mol. The SMILES string of the molecule is COc1ccc(Cc2nnc(SCC(=O)NC(=O)Nc3ccc4c(c3)OCCO4)o2)cc1. The van der Waals surface area contributed by atoms with Crippen molar-refractivity contribution in [2.24, 2.45) is 0 Å². The first-order valence-corrected chi connectivity index (χ1v) is 10.7. The van der Waals surface area contributed by atoms with Gasteiger partial charge < -0.3 is 23.9 Å². The average molecular weight is 456 g/mol. The molecule has 1 aliphatic heterocycles. The van der Waals surface area contributed by atoms with Crippen LogP contribution in [-0.4, -0.2) is 48.2 Å². The molecule has 0 saturated carbocycles. The minimum absolute atomic E-state index is 0.0568. The Kier molecular flexibility index (Phi) is 6.75. The first kappa shape index (κ1) is 21.5. The molecule has 1 aromatic heterocycles. The zero-order valence-corrected chi connectivity index (χ0v) is 17.9. The molecule has 0 unspecified atom stereocenters.